The van der Waals surface area contributed by atoms with Crippen molar-refractivity contribution in [3.63, 3.8) is 0 Å². The highest BCUT2D eigenvalue weighted by Gasteiger charge is 2.04. The third-order valence-electron chi connectivity index (χ3n) is 3.23. The Labute approximate surface area is 95.6 Å². The molecule has 0 aliphatic carbocycles. The normalized spacial score (nSPS) is 12.7. The molecule has 0 heterocycles. The second-order valence-corrected chi connectivity index (χ2v) is 4.57. The molecule has 0 aromatic rings. The fourth-order valence-corrected chi connectivity index (χ4v) is 2.06. The van der Waals surface area contributed by atoms with Crippen LogP contribution in [0.3, 0.4) is 0 Å². The topological polar surface area (TPSA) is 17.1 Å². The van der Waals surface area contributed by atoms with E-state index in [-0.39, 0.29) is 0 Å². The standard InChI is InChI=1S/C14H28O/c1-3-5-11-14(4-2)12-9-7-6-8-10-13-15/h13-14H,3-12H2,1-2H3. The number of unbranched alkanes of at least 4 members (excludes halogenated alkanes) is 5. The molecule has 0 rings (SSSR count). The summed E-state index contributed by atoms with van der Waals surface area (Å²) in [7, 11) is 0. The summed E-state index contributed by atoms with van der Waals surface area (Å²) >= 11 is 0. The van der Waals surface area contributed by atoms with E-state index in [0.717, 1.165) is 25.0 Å². The van der Waals surface area contributed by atoms with Crippen LogP contribution in [0.15, 0.2) is 0 Å². The molecule has 0 fully saturated rings. The molecule has 0 aromatic heterocycles. The zero-order valence-electron chi connectivity index (χ0n) is 10.6. The van der Waals surface area contributed by atoms with Crippen molar-refractivity contribution in [2.45, 2.75) is 78.1 Å². The van der Waals surface area contributed by atoms with Crippen molar-refractivity contribution < 1.29 is 4.79 Å². The average Bonchev–Trinajstić information content (AvgIpc) is 2.27. The molecule has 0 aromatic carbocycles. The minimum atomic E-state index is 0.757. The summed E-state index contributed by atoms with van der Waals surface area (Å²) in [6.07, 6.45) is 13.7. The molecule has 0 radical (unpaired) electrons. The van der Waals surface area contributed by atoms with Crippen molar-refractivity contribution in [3.05, 3.63) is 0 Å². The van der Waals surface area contributed by atoms with Gasteiger partial charge in [-0.15, -0.1) is 0 Å². The summed E-state index contributed by atoms with van der Waals surface area (Å²) in [5.74, 6) is 0.955. The maximum atomic E-state index is 10.1. The van der Waals surface area contributed by atoms with Gasteiger partial charge in [0.2, 0.25) is 0 Å². The Hall–Kier alpha value is -0.330. The first-order chi connectivity index (χ1) is 7.35. The van der Waals surface area contributed by atoms with E-state index in [0.29, 0.717) is 0 Å². The molecular formula is C14H28O. The quantitative estimate of drug-likeness (QED) is 0.357. The summed E-state index contributed by atoms with van der Waals surface area (Å²) < 4.78 is 0. The van der Waals surface area contributed by atoms with Crippen molar-refractivity contribution in [2.24, 2.45) is 5.92 Å². The van der Waals surface area contributed by atoms with Gasteiger partial charge in [0.05, 0.1) is 0 Å². The van der Waals surface area contributed by atoms with Crippen LogP contribution in [0, 0.1) is 5.92 Å². The van der Waals surface area contributed by atoms with Gasteiger partial charge in [-0.25, -0.2) is 0 Å². The second-order valence-electron chi connectivity index (χ2n) is 4.57. The zero-order valence-corrected chi connectivity index (χ0v) is 10.6. The number of carbonyl (C=O) groups is 1. The van der Waals surface area contributed by atoms with Gasteiger partial charge >= 0.3 is 0 Å². The Kier molecular flexibility index (Phi) is 11.5. The lowest BCUT2D eigenvalue weighted by molar-refractivity contribution is -0.107. The minimum absolute atomic E-state index is 0.757. The SMILES string of the molecule is CCCCC(CC)CCCCCCC=O. The van der Waals surface area contributed by atoms with Crippen LogP contribution in [0.4, 0.5) is 0 Å². The molecule has 1 unspecified atom stereocenters. The second kappa shape index (κ2) is 11.7. The monoisotopic (exact) mass is 212 g/mol. The van der Waals surface area contributed by atoms with Gasteiger partial charge in [-0.3, -0.25) is 0 Å². The summed E-state index contributed by atoms with van der Waals surface area (Å²) in [5, 5.41) is 0. The van der Waals surface area contributed by atoms with Crippen molar-refractivity contribution >= 4 is 6.29 Å². The van der Waals surface area contributed by atoms with Gasteiger partial charge in [-0.1, -0.05) is 65.2 Å². The van der Waals surface area contributed by atoms with Crippen molar-refractivity contribution in [2.75, 3.05) is 0 Å². The highest BCUT2D eigenvalue weighted by Crippen LogP contribution is 2.20. The van der Waals surface area contributed by atoms with Gasteiger partial charge in [-0.05, 0) is 12.3 Å². The first kappa shape index (κ1) is 14.7. The van der Waals surface area contributed by atoms with Crippen molar-refractivity contribution in [1.82, 2.24) is 0 Å². The lowest BCUT2D eigenvalue weighted by atomic mass is 9.93. The molecule has 0 bridgehead atoms. The fraction of sp³-hybridized carbons (Fsp3) is 0.929. The molecule has 1 nitrogen and oxygen atoms in total. The van der Waals surface area contributed by atoms with Crippen LogP contribution in [0.1, 0.15) is 78.1 Å². The van der Waals surface area contributed by atoms with Gasteiger partial charge in [0.15, 0.2) is 0 Å². The fourth-order valence-electron chi connectivity index (χ4n) is 2.06. The maximum absolute atomic E-state index is 10.1. The largest absolute Gasteiger partial charge is 0.303 e. The van der Waals surface area contributed by atoms with Gasteiger partial charge < -0.3 is 4.79 Å². The lowest BCUT2D eigenvalue weighted by Gasteiger charge is -2.13. The van der Waals surface area contributed by atoms with Crippen LogP contribution >= 0.6 is 0 Å². The van der Waals surface area contributed by atoms with Gasteiger partial charge in [0.1, 0.15) is 6.29 Å². The molecule has 1 heteroatoms. The molecule has 0 saturated carbocycles. The van der Waals surface area contributed by atoms with E-state index >= 15 is 0 Å². The predicted molar refractivity (Wildman–Crippen MR) is 67.1 cm³/mol. The number of carbonyl (C=O) groups excluding carboxylic acids is 1. The highest BCUT2D eigenvalue weighted by molar-refractivity contribution is 5.48. The third-order valence-corrected chi connectivity index (χ3v) is 3.23. The van der Waals surface area contributed by atoms with Gasteiger partial charge in [0.25, 0.3) is 0 Å². The Balaban J connectivity index is 3.25. The van der Waals surface area contributed by atoms with E-state index in [4.69, 9.17) is 0 Å². The number of hydrogen-bond acceptors (Lipinski definition) is 1. The van der Waals surface area contributed by atoms with Crippen LogP contribution in [0.25, 0.3) is 0 Å². The first-order valence-corrected chi connectivity index (χ1v) is 6.78. The minimum Gasteiger partial charge on any atom is -0.303 e. The highest BCUT2D eigenvalue weighted by atomic mass is 16.1. The number of hydrogen-bond donors (Lipinski definition) is 0. The summed E-state index contributed by atoms with van der Waals surface area (Å²) in [5.41, 5.74) is 0. The smallest absolute Gasteiger partial charge is 0.119 e. The van der Waals surface area contributed by atoms with E-state index < -0.39 is 0 Å². The van der Waals surface area contributed by atoms with E-state index in [1.807, 2.05) is 0 Å². The molecule has 0 aliphatic heterocycles. The summed E-state index contributed by atoms with van der Waals surface area (Å²) in [6, 6.07) is 0. The van der Waals surface area contributed by atoms with Crippen LogP contribution in [0.2, 0.25) is 0 Å². The molecule has 0 spiro atoms. The number of aldehydes is 1. The first-order valence-electron chi connectivity index (χ1n) is 6.78. The van der Waals surface area contributed by atoms with E-state index in [2.05, 4.69) is 13.8 Å². The Morgan fingerprint density at radius 2 is 1.60 bits per heavy atom. The molecule has 15 heavy (non-hydrogen) atoms. The average molecular weight is 212 g/mol. The van der Waals surface area contributed by atoms with E-state index in [9.17, 15) is 4.79 Å². The van der Waals surface area contributed by atoms with Crippen LogP contribution in [-0.2, 0) is 4.79 Å². The Morgan fingerprint density at radius 3 is 2.20 bits per heavy atom. The van der Waals surface area contributed by atoms with E-state index in [1.165, 1.54) is 51.4 Å². The Morgan fingerprint density at radius 1 is 0.933 bits per heavy atom. The van der Waals surface area contributed by atoms with Crippen LogP contribution < -0.4 is 0 Å². The molecule has 0 saturated heterocycles. The summed E-state index contributed by atoms with van der Waals surface area (Å²) in [4.78, 5) is 10.1. The van der Waals surface area contributed by atoms with Crippen LogP contribution in [0.5, 0.6) is 0 Å². The van der Waals surface area contributed by atoms with Crippen molar-refractivity contribution in [1.29, 1.82) is 0 Å². The van der Waals surface area contributed by atoms with Gasteiger partial charge in [-0.2, -0.15) is 0 Å². The lowest BCUT2D eigenvalue weighted by Crippen LogP contribution is -1.98. The Bertz CT molecular complexity index is 131. The number of rotatable bonds is 11. The maximum Gasteiger partial charge on any atom is 0.119 e. The van der Waals surface area contributed by atoms with Crippen molar-refractivity contribution in [3.8, 4) is 0 Å². The summed E-state index contributed by atoms with van der Waals surface area (Å²) in [6.45, 7) is 4.58. The molecule has 1 atom stereocenters. The van der Waals surface area contributed by atoms with Crippen LogP contribution in [-0.4, -0.2) is 6.29 Å². The molecular weight excluding hydrogens is 184 g/mol. The molecule has 90 valence electrons. The molecule has 0 aliphatic rings. The third kappa shape index (κ3) is 9.96. The molecule has 0 amide bonds. The van der Waals surface area contributed by atoms with Gasteiger partial charge in [0, 0.05) is 6.42 Å². The molecule has 0 N–H and O–H groups in total. The predicted octanol–water partition coefficient (Wildman–Crippen LogP) is 4.74. The zero-order chi connectivity index (χ0) is 11.4. The van der Waals surface area contributed by atoms with E-state index in [1.54, 1.807) is 0 Å².